The summed E-state index contributed by atoms with van der Waals surface area (Å²) in [6, 6.07) is 10.4. The van der Waals surface area contributed by atoms with Gasteiger partial charge in [-0.3, -0.25) is 0 Å². The Kier molecular flexibility index (Phi) is 1.95. The van der Waals surface area contributed by atoms with Crippen molar-refractivity contribution >= 4 is 6.08 Å². The molecule has 1 aromatic carbocycles. The highest BCUT2D eigenvalue weighted by molar-refractivity contribution is 5.58. The maximum absolute atomic E-state index is 5.95. The van der Waals surface area contributed by atoms with Gasteiger partial charge in [-0.15, -0.1) is 0 Å². The molecule has 1 aliphatic heterocycles. The van der Waals surface area contributed by atoms with Gasteiger partial charge < -0.3 is 4.74 Å². The maximum Gasteiger partial charge on any atom is 0.170 e. The van der Waals surface area contributed by atoms with Gasteiger partial charge in [-0.25, -0.2) is 0 Å². The quantitative estimate of drug-likeness (QED) is 0.643. The molecular weight excluding hydrogens is 196 g/mol. The molecule has 16 heavy (non-hydrogen) atoms. The van der Waals surface area contributed by atoms with E-state index >= 15 is 0 Å². The van der Waals surface area contributed by atoms with Crippen LogP contribution in [0.5, 0.6) is 0 Å². The molecule has 1 heterocycles. The topological polar surface area (TPSA) is 12.5 Å². The van der Waals surface area contributed by atoms with Crippen molar-refractivity contribution in [1.29, 1.82) is 0 Å². The Bertz CT molecular complexity index is 430. The largest absolute Gasteiger partial charge is 0.479 e. The predicted octanol–water partition coefficient (Wildman–Crippen LogP) is 4.01. The number of benzene rings is 1. The summed E-state index contributed by atoms with van der Waals surface area (Å²) in [7, 11) is 0. The van der Waals surface area contributed by atoms with Crippen molar-refractivity contribution in [3.8, 4) is 0 Å². The molecule has 0 radical (unpaired) electrons. The van der Waals surface area contributed by atoms with Gasteiger partial charge in [-0.05, 0) is 30.9 Å². The van der Waals surface area contributed by atoms with Gasteiger partial charge in [0.15, 0.2) is 5.60 Å². The van der Waals surface area contributed by atoms with Crippen molar-refractivity contribution in [2.75, 3.05) is 0 Å². The van der Waals surface area contributed by atoms with E-state index in [1.165, 1.54) is 30.6 Å². The average molecular weight is 214 g/mol. The van der Waals surface area contributed by atoms with Gasteiger partial charge in [0.1, 0.15) is 5.76 Å². The van der Waals surface area contributed by atoms with Crippen LogP contribution < -0.4 is 0 Å². The molecule has 0 N–H and O–H groups in total. The molecule has 1 saturated carbocycles. The van der Waals surface area contributed by atoms with Crippen molar-refractivity contribution in [3.63, 3.8) is 0 Å². The van der Waals surface area contributed by atoms with Gasteiger partial charge in [-0.1, -0.05) is 44.2 Å². The highest BCUT2D eigenvalue weighted by Gasteiger charge is 2.64. The lowest BCUT2D eigenvalue weighted by molar-refractivity contribution is 0.174. The van der Waals surface area contributed by atoms with Crippen LogP contribution in [0.4, 0.5) is 0 Å². The molecular formula is C15H18O. The molecule has 3 rings (SSSR count). The SMILES string of the molecule is CC1(C)CCCC12OC2=Cc1ccccc1. The number of rotatable bonds is 1. The van der Waals surface area contributed by atoms with Gasteiger partial charge in [0.2, 0.25) is 0 Å². The molecule has 1 atom stereocenters. The number of hydrogen-bond acceptors (Lipinski definition) is 1. The fraction of sp³-hybridized carbons (Fsp3) is 0.467. The Morgan fingerprint density at radius 3 is 2.50 bits per heavy atom. The van der Waals surface area contributed by atoms with Crippen LogP contribution in [-0.2, 0) is 4.74 Å². The third-order valence-corrected chi connectivity index (χ3v) is 4.16. The standard InChI is InChI=1S/C15H18O/c1-14(2)9-6-10-15(14)13(16-15)11-12-7-4-3-5-8-12/h3-5,7-8,11H,6,9-10H2,1-2H3. The van der Waals surface area contributed by atoms with Gasteiger partial charge in [-0.2, -0.15) is 0 Å². The Balaban J connectivity index is 1.89. The first-order chi connectivity index (χ1) is 7.64. The second-order valence-corrected chi connectivity index (χ2v) is 5.59. The first kappa shape index (κ1) is 9.95. The molecule has 2 fully saturated rings. The lowest BCUT2D eigenvalue weighted by Gasteiger charge is -2.21. The zero-order chi connectivity index (χ0) is 11.2. The van der Waals surface area contributed by atoms with Gasteiger partial charge in [0.05, 0.1) is 0 Å². The summed E-state index contributed by atoms with van der Waals surface area (Å²) in [5.74, 6) is 1.20. The van der Waals surface area contributed by atoms with Crippen LogP contribution in [0.1, 0.15) is 38.7 Å². The van der Waals surface area contributed by atoms with E-state index in [1.54, 1.807) is 0 Å². The minimum absolute atomic E-state index is 0.0723. The van der Waals surface area contributed by atoms with Crippen molar-refractivity contribution in [3.05, 3.63) is 41.7 Å². The summed E-state index contributed by atoms with van der Waals surface area (Å²) >= 11 is 0. The van der Waals surface area contributed by atoms with Crippen molar-refractivity contribution in [1.82, 2.24) is 0 Å². The summed E-state index contributed by atoms with van der Waals surface area (Å²) in [5.41, 5.74) is 1.63. The van der Waals surface area contributed by atoms with Crippen LogP contribution >= 0.6 is 0 Å². The molecule has 84 valence electrons. The summed E-state index contributed by atoms with van der Waals surface area (Å²) in [6.45, 7) is 4.65. The Morgan fingerprint density at radius 2 is 1.88 bits per heavy atom. The molecule has 1 unspecified atom stereocenters. The molecule has 1 aliphatic carbocycles. The fourth-order valence-electron chi connectivity index (χ4n) is 2.97. The number of epoxide rings is 1. The van der Waals surface area contributed by atoms with Crippen LogP contribution in [0.15, 0.2) is 36.1 Å². The van der Waals surface area contributed by atoms with E-state index in [0.717, 1.165) is 0 Å². The smallest absolute Gasteiger partial charge is 0.170 e. The lowest BCUT2D eigenvalue weighted by Crippen LogP contribution is -2.25. The normalized spacial score (nSPS) is 33.0. The summed E-state index contributed by atoms with van der Waals surface area (Å²) in [5, 5.41) is 0. The summed E-state index contributed by atoms with van der Waals surface area (Å²) in [6.07, 6.45) is 5.96. The van der Waals surface area contributed by atoms with Crippen LogP contribution in [0, 0.1) is 5.41 Å². The minimum atomic E-state index is 0.0723. The molecule has 2 aliphatic rings. The molecule has 1 aromatic rings. The van der Waals surface area contributed by atoms with E-state index in [0.29, 0.717) is 5.41 Å². The molecule has 1 saturated heterocycles. The zero-order valence-corrected chi connectivity index (χ0v) is 9.99. The Hall–Kier alpha value is -1.24. The second-order valence-electron chi connectivity index (χ2n) is 5.59. The van der Waals surface area contributed by atoms with Crippen molar-refractivity contribution in [2.24, 2.45) is 5.41 Å². The van der Waals surface area contributed by atoms with Crippen LogP contribution in [-0.4, -0.2) is 5.60 Å². The maximum atomic E-state index is 5.95. The molecule has 0 aromatic heterocycles. The van der Waals surface area contributed by atoms with E-state index < -0.39 is 0 Å². The van der Waals surface area contributed by atoms with Gasteiger partial charge in [0.25, 0.3) is 0 Å². The Labute approximate surface area is 97.1 Å². The first-order valence-electron chi connectivity index (χ1n) is 6.10. The highest BCUT2D eigenvalue weighted by atomic mass is 16.6. The minimum Gasteiger partial charge on any atom is -0.479 e. The first-order valence-corrected chi connectivity index (χ1v) is 6.10. The molecule has 0 bridgehead atoms. The highest BCUT2D eigenvalue weighted by Crippen LogP contribution is 2.63. The second kappa shape index (κ2) is 3.13. The summed E-state index contributed by atoms with van der Waals surface area (Å²) in [4.78, 5) is 0. The fourth-order valence-corrected chi connectivity index (χ4v) is 2.97. The zero-order valence-electron chi connectivity index (χ0n) is 9.99. The Morgan fingerprint density at radius 1 is 1.12 bits per heavy atom. The third kappa shape index (κ3) is 1.31. The lowest BCUT2D eigenvalue weighted by atomic mass is 9.80. The van der Waals surface area contributed by atoms with Crippen molar-refractivity contribution < 1.29 is 4.74 Å². The van der Waals surface area contributed by atoms with Gasteiger partial charge in [0, 0.05) is 5.41 Å². The number of hydrogen-bond donors (Lipinski definition) is 0. The van der Waals surface area contributed by atoms with Crippen LogP contribution in [0.3, 0.4) is 0 Å². The molecule has 0 amide bonds. The number of ether oxygens (including phenoxy) is 1. The molecule has 1 heteroatoms. The molecule has 1 spiro atoms. The van der Waals surface area contributed by atoms with E-state index in [-0.39, 0.29) is 5.60 Å². The van der Waals surface area contributed by atoms with E-state index in [1.807, 2.05) is 6.07 Å². The van der Waals surface area contributed by atoms with Crippen molar-refractivity contribution in [2.45, 2.75) is 38.7 Å². The third-order valence-electron chi connectivity index (χ3n) is 4.16. The van der Waals surface area contributed by atoms with E-state index in [9.17, 15) is 0 Å². The average Bonchev–Trinajstić information content (AvgIpc) is 2.86. The van der Waals surface area contributed by atoms with Gasteiger partial charge >= 0.3 is 0 Å². The van der Waals surface area contributed by atoms with Crippen LogP contribution in [0.25, 0.3) is 6.08 Å². The molecule has 1 nitrogen and oxygen atoms in total. The monoisotopic (exact) mass is 214 g/mol. The van der Waals surface area contributed by atoms with E-state index in [2.05, 4.69) is 44.2 Å². The van der Waals surface area contributed by atoms with Crippen LogP contribution in [0.2, 0.25) is 0 Å². The van der Waals surface area contributed by atoms with E-state index in [4.69, 9.17) is 4.74 Å². The predicted molar refractivity (Wildman–Crippen MR) is 65.9 cm³/mol. The summed E-state index contributed by atoms with van der Waals surface area (Å²) < 4.78 is 5.95.